The van der Waals surface area contributed by atoms with E-state index in [0.717, 1.165) is 44.8 Å². The Morgan fingerprint density at radius 3 is 2.54 bits per heavy atom. The van der Waals surface area contributed by atoms with E-state index < -0.39 is 11.7 Å². The summed E-state index contributed by atoms with van der Waals surface area (Å²) in [6.07, 6.45) is -0.561. The summed E-state index contributed by atoms with van der Waals surface area (Å²) in [7, 11) is 0. The van der Waals surface area contributed by atoms with Crippen molar-refractivity contribution in [3.05, 3.63) is 41.2 Å². The summed E-state index contributed by atoms with van der Waals surface area (Å²) in [5.41, 5.74) is 0.287. The number of aromatic nitrogens is 1. The van der Waals surface area contributed by atoms with Gasteiger partial charge in [0.05, 0.1) is 18.3 Å². The molecule has 140 valence electrons. The fourth-order valence-electron chi connectivity index (χ4n) is 3.44. The summed E-state index contributed by atoms with van der Waals surface area (Å²) in [6.45, 7) is 2.03. The molecule has 0 radical (unpaired) electrons. The van der Waals surface area contributed by atoms with Crippen molar-refractivity contribution in [2.24, 2.45) is 0 Å². The van der Waals surface area contributed by atoms with Crippen LogP contribution in [0, 0.1) is 0 Å². The highest BCUT2D eigenvalue weighted by Gasteiger charge is 2.37. The zero-order valence-corrected chi connectivity index (χ0v) is 14.3. The van der Waals surface area contributed by atoms with Crippen molar-refractivity contribution in [2.75, 3.05) is 13.1 Å². The summed E-state index contributed by atoms with van der Waals surface area (Å²) in [5.74, 6) is 0.937. The molecule has 7 heteroatoms. The van der Waals surface area contributed by atoms with Gasteiger partial charge in [-0.1, -0.05) is 23.4 Å². The third-order valence-corrected chi connectivity index (χ3v) is 5.00. The Bertz CT molecular complexity index is 762. The first-order valence-electron chi connectivity index (χ1n) is 9.01. The van der Waals surface area contributed by atoms with E-state index in [0.29, 0.717) is 11.3 Å². The molecule has 1 saturated carbocycles. The summed E-state index contributed by atoms with van der Waals surface area (Å²) < 4.78 is 51.8. The highest BCUT2D eigenvalue weighted by atomic mass is 19.4. The Morgan fingerprint density at radius 2 is 1.85 bits per heavy atom. The SMILES string of the molecule is FC(F)(F)c1ccccc1-c1noc(C2CC2)c1COC1CCNCC1. The van der Waals surface area contributed by atoms with Crippen LogP contribution in [0.25, 0.3) is 11.3 Å². The van der Waals surface area contributed by atoms with Gasteiger partial charge in [0.25, 0.3) is 0 Å². The van der Waals surface area contributed by atoms with Crippen LogP contribution in [0.4, 0.5) is 13.2 Å². The van der Waals surface area contributed by atoms with E-state index in [1.807, 2.05) is 0 Å². The number of hydrogen-bond donors (Lipinski definition) is 1. The number of ether oxygens (including phenoxy) is 1. The minimum absolute atomic E-state index is 0.0551. The van der Waals surface area contributed by atoms with Gasteiger partial charge in [0, 0.05) is 17.0 Å². The maximum atomic E-state index is 13.4. The lowest BCUT2D eigenvalue weighted by molar-refractivity contribution is -0.137. The molecule has 0 atom stereocenters. The zero-order valence-electron chi connectivity index (χ0n) is 14.3. The molecule has 1 aliphatic heterocycles. The number of piperidine rings is 1. The monoisotopic (exact) mass is 366 g/mol. The van der Waals surface area contributed by atoms with Crippen LogP contribution in [-0.2, 0) is 17.5 Å². The summed E-state index contributed by atoms with van der Waals surface area (Å²) in [6, 6.07) is 5.51. The third-order valence-electron chi connectivity index (χ3n) is 5.00. The maximum Gasteiger partial charge on any atom is 0.417 e. The van der Waals surface area contributed by atoms with Crippen LogP contribution in [-0.4, -0.2) is 24.4 Å². The average Bonchev–Trinajstić information content (AvgIpc) is 3.40. The molecule has 0 spiro atoms. The fourth-order valence-corrected chi connectivity index (χ4v) is 3.44. The molecule has 2 aromatic rings. The second-order valence-electron chi connectivity index (χ2n) is 6.95. The molecule has 0 unspecified atom stereocenters. The van der Waals surface area contributed by atoms with Crippen LogP contribution in [0.5, 0.6) is 0 Å². The largest absolute Gasteiger partial charge is 0.417 e. The van der Waals surface area contributed by atoms with E-state index in [2.05, 4.69) is 10.5 Å². The minimum Gasteiger partial charge on any atom is -0.373 e. The smallest absolute Gasteiger partial charge is 0.373 e. The summed E-state index contributed by atoms with van der Waals surface area (Å²) in [4.78, 5) is 0. The zero-order chi connectivity index (χ0) is 18.1. The van der Waals surface area contributed by atoms with Gasteiger partial charge in [-0.05, 0) is 44.8 Å². The topological polar surface area (TPSA) is 47.3 Å². The molecule has 2 aliphatic rings. The molecule has 1 aliphatic carbocycles. The predicted molar refractivity (Wildman–Crippen MR) is 89.6 cm³/mol. The second-order valence-corrected chi connectivity index (χ2v) is 6.95. The quantitative estimate of drug-likeness (QED) is 0.846. The first-order valence-corrected chi connectivity index (χ1v) is 9.01. The van der Waals surface area contributed by atoms with Gasteiger partial charge in [-0.2, -0.15) is 13.2 Å². The maximum absolute atomic E-state index is 13.4. The lowest BCUT2D eigenvalue weighted by atomic mass is 9.99. The summed E-state index contributed by atoms with van der Waals surface area (Å²) in [5, 5.41) is 7.29. The number of rotatable bonds is 5. The van der Waals surface area contributed by atoms with Crippen molar-refractivity contribution in [1.82, 2.24) is 10.5 Å². The molecule has 1 saturated heterocycles. The highest BCUT2D eigenvalue weighted by Crippen LogP contribution is 2.46. The molecule has 0 amide bonds. The number of alkyl halides is 3. The Morgan fingerprint density at radius 1 is 1.12 bits per heavy atom. The molecule has 26 heavy (non-hydrogen) atoms. The number of benzene rings is 1. The normalized spacial score (nSPS) is 19.0. The number of nitrogens with one attached hydrogen (secondary N) is 1. The minimum atomic E-state index is -4.44. The van der Waals surface area contributed by atoms with Gasteiger partial charge < -0.3 is 14.6 Å². The van der Waals surface area contributed by atoms with Gasteiger partial charge in [-0.15, -0.1) is 0 Å². The molecular weight excluding hydrogens is 345 g/mol. The van der Waals surface area contributed by atoms with Gasteiger partial charge in [-0.25, -0.2) is 0 Å². The number of nitrogens with zero attached hydrogens (tertiary/aromatic N) is 1. The highest BCUT2D eigenvalue weighted by molar-refractivity contribution is 5.68. The van der Waals surface area contributed by atoms with E-state index in [-0.39, 0.29) is 29.9 Å². The van der Waals surface area contributed by atoms with Crippen molar-refractivity contribution in [3.63, 3.8) is 0 Å². The second kappa shape index (κ2) is 7.04. The van der Waals surface area contributed by atoms with E-state index in [4.69, 9.17) is 9.26 Å². The van der Waals surface area contributed by atoms with Crippen molar-refractivity contribution < 1.29 is 22.4 Å². The predicted octanol–water partition coefficient (Wildman–Crippen LogP) is 4.51. The van der Waals surface area contributed by atoms with E-state index in [1.165, 1.54) is 12.1 Å². The number of hydrogen-bond acceptors (Lipinski definition) is 4. The molecule has 4 nitrogen and oxygen atoms in total. The average molecular weight is 366 g/mol. The van der Waals surface area contributed by atoms with Gasteiger partial charge in [0.15, 0.2) is 0 Å². The van der Waals surface area contributed by atoms with E-state index >= 15 is 0 Å². The first kappa shape index (κ1) is 17.5. The van der Waals surface area contributed by atoms with Gasteiger partial charge in [-0.3, -0.25) is 0 Å². The molecule has 1 aromatic carbocycles. The van der Waals surface area contributed by atoms with E-state index in [1.54, 1.807) is 6.07 Å². The molecule has 2 fully saturated rings. The van der Waals surface area contributed by atoms with Crippen LogP contribution < -0.4 is 5.32 Å². The summed E-state index contributed by atoms with van der Waals surface area (Å²) >= 11 is 0. The molecule has 4 rings (SSSR count). The van der Waals surface area contributed by atoms with Gasteiger partial charge in [0.2, 0.25) is 0 Å². The molecule has 2 heterocycles. The van der Waals surface area contributed by atoms with Gasteiger partial charge >= 0.3 is 6.18 Å². The molecule has 1 N–H and O–H groups in total. The van der Waals surface area contributed by atoms with Crippen molar-refractivity contribution in [1.29, 1.82) is 0 Å². The lowest BCUT2D eigenvalue weighted by Gasteiger charge is -2.23. The Balaban J connectivity index is 1.66. The Labute approximate surface area is 149 Å². The first-order chi connectivity index (χ1) is 12.5. The standard InChI is InChI=1S/C19H21F3N2O2/c20-19(21,22)16-4-2-1-3-14(16)17-15(18(26-24-17)12-5-6-12)11-25-13-7-9-23-10-8-13/h1-4,12-13,23H,5-11H2. The van der Waals surface area contributed by atoms with Crippen LogP contribution in [0.15, 0.2) is 28.8 Å². The molecule has 1 aromatic heterocycles. The van der Waals surface area contributed by atoms with Crippen LogP contribution in [0.1, 0.15) is 48.5 Å². The van der Waals surface area contributed by atoms with Crippen LogP contribution >= 0.6 is 0 Å². The Hall–Kier alpha value is -1.86. The van der Waals surface area contributed by atoms with Crippen molar-refractivity contribution in [2.45, 2.75) is 50.5 Å². The van der Waals surface area contributed by atoms with Crippen molar-refractivity contribution in [3.8, 4) is 11.3 Å². The van der Waals surface area contributed by atoms with Crippen LogP contribution in [0.3, 0.4) is 0 Å². The van der Waals surface area contributed by atoms with Crippen molar-refractivity contribution >= 4 is 0 Å². The molecule has 0 bridgehead atoms. The van der Waals surface area contributed by atoms with Gasteiger partial charge in [0.1, 0.15) is 11.5 Å². The lowest BCUT2D eigenvalue weighted by Crippen LogP contribution is -2.32. The third kappa shape index (κ3) is 3.64. The van der Waals surface area contributed by atoms with E-state index in [9.17, 15) is 13.2 Å². The fraction of sp³-hybridized carbons (Fsp3) is 0.526. The number of halogens is 3. The Kier molecular flexibility index (Phi) is 4.75. The van der Waals surface area contributed by atoms with Crippen LogP contribution in [0.2, 0.25) is 0 Å². The molecular formula is C19H21F3N2O2.